The number of carbonyl (C=O) groups excluding carboxylic acids is 1. The van der Waals surface area contributed by atoms with Gasteiger partial charge in [-0.15, -0.1) is 0 Å². The van der Waals surface area contributed by atoms with Crippen LogP contribution < -0.4 is 0 Å². The van der Waals surface area contributed by atoms with Gasteiger partial charge in [0, 0.05) is 48.5 Å². The molecule has 3 rings (SSSR count). The van der Waals surface area contributed by atoms with Crippen molar-refractivity contribution in [2.24, 2.45) is 0 Å². The molecule has 5 nitrogen and oxygen atoms in total. The van der Waals surface area contributed by atoms with Crippen molar-refractivity contribution in [1.82, 2.24) is 19.4 Å². The van der Waals surface area contributed by atoms with E-state index in [1.807, 2.05) is 23.2 Å². The van der Waals surface area contributed by atoms with Crippen LogP contribution in [0.3, 0.4) is 0 Å². The first kappa shape index (κ1) is 18.9. The van der Waals surface area contributed by atoms with Gasteiger partial charge in [-0.2, -0.15) is 0 Å². The summed E-state index contributed by atoms with van der Waals surface area (Å²) in [4.78, 5) is 21.6. The number of aryl methyl sites for hydroxylation is 1. The maximum absolute atomic E-state index is 12.8. The number of nitrogens with zero attached hydrogens (tertiary/aromatic N) is 4. The van der Waals surface area contributed by atoms with Crippen LogP contribution in [-0.4, -0.2) is 59.0 Å². The molecular formula is C20H27ClN4O. The number of hydrogen-bond donors (Lipinski definition) is 0. The third-order valence-electron chi connectivity index (χ3n) is 4.90. The van der Waals surface area contributed by atoms with Crippen molar-refractivity contribution in [1.29, 1.82) is 0 Å². The van der Waals surface area contributed by atoms with Crippen molar-refractivity contribution in [2.45, 2.75) is 31.7 Å². The van der Waals surface area contributed by atoms with Crippen LogP contribution in [0.15, 0.2) is 36.7 Å². The molecule has 140 valence electrons. The Morgan fingerprint density at radius 2 is 2.23 bits per heavy atom. The lowest BCUT2D eigenvalue weighted by atomic mass is 9.96. The van der Waals surface area contributed by atoms with Crippen LogP contribution in [0, 0.1) is 0 Å². The minimum absolute atomic E-state index is 0.0583. The summed E-state index contributed by atoms with van der Waals surface area (Å²) in [5.41, 5.74) is 0.660. The first-order valence-electron chi connectivity index (χ1n) is 9.25. The Kier molecular flexibility index (Phi) is 6.33. The highest BCUT2D eigenvalue weighted by Crippen LogP contribution is 2.27. The first-order valence-corrected chi connectivity index (χ1v) is 9.63. The number of aromatic nitrogens is 2. The van der Waals surface area contributed by atoms with Crippen LogP contribution in [0.2, 0.25) is 5.02 Å². The van der Waals surface area contributed by atoms with E-state index in [4.69, 9.17) is 11.6 Å². The average molecular weight is 375 g/mol. The SMILES string of the molecule is CN(C)CCCn1ccnc1[C@H]1CCCN(C(=O)c2cccc(Cl)c2)C1. The molecule has 1 aromatic heterocycles. The Balaban J connectivity index is 1.67. The van der Waals surface area contributed by atoms with E-state index >= 15 is 0 Å². The summed E-state index contributed by atoms with van der Waals surface area (Å²) in [5.74, 6) is 1.46. The third-order valence-corrected chi connectivity index (χ3v) is 5.13. The van der Waals surface area contributed by atoms with Gasteiger partial charge in [0.1, 0.15) is 5.82 Å². The highest BCUT2D eigenvalue weighted by Gasteiger charge is 2.28. The zero-order valence-corrected chi connectivity index (χ0v) is 16.3. The number of amides is 1. The molecule has 0 aliphatic carbocycles. The van der Waals surface area contributed by atoms with Crippen molar-refractivity contribution in [2.75, 3.05) is 33.7 Å². The Hall–Kier alpha value is -1.85. The van der Waals surface area contributed by atoms with E-state index in [2.05, 4.69) is 34.7 Å². The summed E-state index contributed by atoms with van der Waals surface area (Å²) in [7, 11) is 4.19. The van der Waals surface area contributed by atoms with E-state index in [9.17, 15) is 4.79 Å². The van der Waals surface area contributed by atoms with Gasteiger partial charge in [-0.05, 0) is 58.1 Å². The first-order chi connectivity index (χ1) is 12.5. The maximum atomic E-state index is 12.8. The molecular weight excluding hydrogens is 348 g/mol. The fourth-order valence-electron chi connectivity index (χ4n) is 3.60. The quantitative estimate of drug-likeness (QED) is 0.777. The monoisotopic (exact) mass is 374 g/mol. The minimum atomic E-state index is 0.0583. The van der Waals surface area contributed by atoms with Gasteiger partial charge >= 0.3 is 0 Å². The van der Waals surface area contributed by atoms with E-state index < -0.39 is 0 Å². The lowest BCUT2D eigenvalue weighted by Crippen LogP contribution is -2.39. The zero-order valence-electron chi connectivity index (χ0n) is 15.6. The molecule has 1 saturated heterocycles. The molecule has 2 heterocycles. The molecule has 1 aliphatic heterocycles. The lowest BCUT2D eigenvalue weighted by molar-refractivity contribution is 0.0703. The predicted octanol–water partition coefficient (Wildman–Crippen LogP) is 3.51. The van der Waals surface area contributed by atoms with Gasteiger partial charge in [-0.1, -0.05) is 17.7 Å². The number of imidazole rings is 1. The van der Waals surface area contributed by atoms with Crippen LogP contribution >= 0.6 is 11.6 Å². The molecule has 1 atom stereocenters. The maximum Gasteiger partial charge on any atom is 0.253 e. The molecule has 0 N–H and O–H groups in total. The summed E-state index contributed by atoms with van der Waals surface area (Å²) >= 11 is 6.04. The molecule has 0 spiro atoms. The highest BCUT2D eigenvalue weighted by atomic mass is 35.5. The third kappa shape index (κ3) is 4.65. The second-order valence-electron chi connectivity index (χ2n) is 7.24. The molecule has 1 aromatic carbocycles. The number of hydrogen-bond acceptors (Lipinski definition) is 3. The van der Waals surface area contributed by atoms with E-state index in [-0.39, 0.29) is 5.91 Å². The molecule has 1 amide bonds. The van der Waals surface area contributed by atoms with Crippen molar-refractivity contribution < 1.29 is 4.79 Å². The van der Waals surface area contributed by atoms with E-state index in [1.54, 1.807) is 12.1 Å². The van der Waals surface area contributed by atoms with Crippen molar-refractivity contribution in [3.63, 3.8) is 0 Å². The topological polar surface area (TPSA) is 41.4 Å². The number of rotatable bonds is 6. The normalized spacial score (nSPS) is 17.7. The number of carbonyl (C=O) groups is 1. The van der Waals surface area contributed by atoms with Gasteiger partial charge in [-0.25, -0.2) is 4.98 Å². The summed E-state index contributed by atoms with van der Waals surface area (Å²) < 4.78 is 2.25. The summed E-state index contributed by atoms with van der Waals surface area (Å²) in [6, 6.07) is 7.20. The number of halogens is 1. The zero-order chi connectivity index (χ0) is 18.5. The molecule has 0 bridgehead atoms. The van der Waals surface area contributed by atoms with Crippen molar-refractivity contribution in [3.8, 4) is 0 Å². The average Bonchev–Trinajstić information content (AvgIpc) is 3.09. The van der Waals surface area contributed by atoms with Crippen molar-refractivity contribution in [3.05, 3.63) is 53.1 Å². The molecule has 0 saturated carbocycles. The smallest absolute Gasteiger partial charge is 0.253 e. The predicted molar refractivity (Wildman–Crippen MR) is 105 cm³/mol. The Labute approximate surface area is 160 Å². The molecule has 6 heteroatoms. The van der Waals surface area contributed by atoms with Gasteiger partial charge in [0.2, 0.25) is 0 Å². The molecule has 0 radical (unpaired) electrons. The van der Waals surface area contributed by atoms with E-state index in [1.165, 1.54) is 0 Å². The van der Waals surface area contributed by atoms with Crippen LogP contribution in [0.1, 0.15) is 41.4 Å². The Bertz CT molecular complexity index is 743. The second kappa shape index (κ2) is 8.69. The number of piperidine rings is 1. The Morgan fingerprint density at radius 3 is 3.00 bits per heavy atom. The van der Waals surface area contributed by atoms with Gasteiger partial charge in [0.05, 0.1) is 0 Å². The van der Waals surface area contributed by atoms with Crippen LogP contribution in [0.4, 0.5) is 0 Å². The fraction of sp³-hybridized carbons (Fsp3) is 0.500. The molecule has 2 aromatic rings. The van der Waals surface area contributed by atoms with E-state index in [0.717, 1.165) is 51.3 Å². The summed E-state index contributed by atoms with van der Waals surface area (Å²) in [6.07, 6.45) is 7.10. The molecule has 26 heavy (non-hydrogen) atoms. The second-order valence-corrected chi connectivity index (χ2v) is 7.67. The minimum Gasteiger partial charge on any atom is -0.338 e. The molecule has 0 unspecified atom stereocenters. The van der Waals surface area contributed by atoms with Gasteiger partial charge < -0.3 is 14.4 Å². The largest absolute Gasteiger partial charge is 0.338 e. The summed E-state index contributed by atoms with van der Waals surface area (Å²) in [6.45, 7) is 3.53. The van der Waals surface area contributed by atoms with Crippen LogP contribution in [-0.2, 0) is 6.54 Å². The number of likely N-dealkylation sites (tertiary alicyclic amines) is 1. The van der Waals surface area contributed by atoms with Crippen LogP contribution in [0.25, 0.3) is 0 Å². The van der Waals surface area contributed by atoms with E-state index in [0.29, 0.717) is 16.5 Å². The molecule has 1 fully saturated rings. The highest BCUT2D eigenvalue weighted by molar-refractivity contribution is 6.30. The Morgan fingerprint density at radius 1 is 1.38 bits per heavy atom. The lowest BCUT2D eigenvalue weighted by Gasteiger charge is -2.33. The van der Waals surface area contributed by atoms with Gasteiger partial charge in [-0.3, -0.25) is 4.79 Å². The van der Waals surface area contributed by atoms with Crippen molar-refractivity contribution >= 4 is 17.5 Å². The van der Waals surface area contributed by atoms with Crippen LogP contribution in [0.5, 0.6) is 0 Å². The standard InChI is InChI=1S/C20H27ClN4O/c1-23(2)10-5-12-24-13-9-22-19(24)17-7-4-11-25(15-17)20(26)16-6-3-8-18(21)14-16/h3,6,8-9,13-14,17H,4-5,7,10-12,15H2,1-2H3/t17-/m0/s1. The van der Waals surface area contributed by atoms with Gasteiger partial charge in [0.25, 0.3) is 5.91 Å². The summed E-state index contributed by atoms with van der Waals surface area (Å²) in [5, 5.41) is 0.598. The van der Waals surface area contributed by atoms with Gasteiger partial charge in [0.15, 0.2) is 0 Å². The molecule has 1 aliphatic rings. The number of benzene rings is 1. The fourth-order valence-corrected chi connectivity index (χ4v) is 3.79.